The summed E-state index contributed by atoms with van der Waals surface area (Å²) in [6, 6.07) is 17.7. The number of hydrogen-bond acceptors (Lipinski definition) is 5. The number of fused-ring (bicyclic) bond motifs is 1. The Morgan fingerprint density at radius 1 is 1.06 bits per heavy atom. The first-order chi connectivity index (χ1) is 15.0. The van der Waals surface area contributed by atoms with E-state index in [2.05, 4.69) is 54.6 Å². The Hall–Kier alpha value is -2.08. The van der Waals surface area contributed by atoms with Crippen molar-refractivity contribution in [3.63, 3.8) is 0 Å². The van der Waals surface area contributed by atoms with E-state index in [-0.39, 0.29) is 6.54 Å². The number of esters is 1. The molecule has 166 valence electrons. The van der Waals surface area contributed by atoms with Crippen LogP contribution in [-0.4, -0.2) is 30.4 Å². The summed E-state index contributed by atoms with van der Waals surface area (Å²) in [5.74, 6) is 0.637. The van der Waals surface area contributed by atoms with Crippen LogP contribution < -0.4 is 11.5 Å². The molecule has 1 aliphatic carbocycles. The summed E-state index contributed by atoms with van der Waals surface area (Å²) < 4.78 is 5.21. The summed E-state index contributed by atoms with van der Waals surface area (Å²) in [7, 11) is 0. The fourth-order valence-electron chi connectivity index (χ4n) is 3.61. The average Bonchev–Trinajstić information content (AvgIpc) is 3.01. The fraction of sp³-hybridized carbons (Fsp3) is 0.423. The van der Waals surface area contributed by atoms with Gasteiger partial charge in [0.2, 0.25) is 0 Å². The number of ether oxygens (including phenoxy) is 1. The van der Waals surface area contributed by atoms with Crippen molar-refractivity contribution in [3.05, 3.63) is 65.2 Å². The number of rotatable bonds is 10. The van der Waals surface area contributed by atoms with Crippen LogP contribution in [0.25, 0.3) is 11.6 Å². The number of benzene rings is 2. The second kappa shape index (κ2) is 11.5. The molecule has 0 amide bonds. The molecule has 4 N–H and O–H groups in total. The molecule has 0 aromatic heterocycles. The molecule has 0 heterocycles. The van der Waals surface area contributed by atoms with Crippen molar-refractivity contribution in [1.82, 2.24) is 0 Å². The Morgan fingerprint density at radius 3 is 2.61 bits per heavy atom. The van der Waals surface area contributed by atoms with E-state index in [0.717, 1.165) is 37.9 Å². The number of allylic oxidation sites excluding steroid dienone is 1. The van der Waals surface area contributed by atoms with Gasteiger partial charge in [0, 0.05) is 11.4 Å². The monoisotopic (exact) mass is 438 g/mol. The molecule has 2 aromatic rings. The fourth-order valence-corrected chi connectivity index (χ4v) is 4.52. The predicted octanol–water partition coefficient (Wildman–Crippen LogP) is 5.05. The zero-order valence-electron chi connectivity index (χ0n) is 18.4. The number of unbranched alkanes of at least 4 members (excludes halogenated alkanes) is 2. The highest BCUT2D eigenvalue weighted by Crippen LogP contribution is 2.30. The number of nitrogens with two attached hydrogens (primary N) is 2. The average molecular weight is 439 g/mol. The van der Waals surface area contributed by atoms with E-state index in [1.54, 1.807) is 6.92 Å². The molecule has 0 aliphatic heterocycles. The van der Waals surface area contributed by atoms with E-state index < -0.39 is 11.5 Å². The molecule has 0 saturated heterocycles. The highest BCUT2D eigenvalue weighted by Gasteiger charge is 2.27. The Morgan fingerprint density at radius 2 is 1.84 bits per heavy atom. The molecule has 1 atom stereocenters. The Labute approximate surface area is 190 Å². The molecule has 0 saturated carbocycles. The van der Waals surface area contributed by atoms with E-state index in [1.165, 1.54) is 33.6 Å². The van der Waals surface area contributed by atoms with Crippen LogP contribution in [0, 0.1) is 0 Å². The van der Waals surface area contributed by atoms with Gasteiger partial charge in [-0.1, -0.05) is 42.5 Å². The van der Waals surface area contributed by atoms with Crippen LogP contribution in [0.4, 0.5) is 0 Å². The first kappa shape index (κ1) is 23.6. The van der Waals surface area contributed by atoms with Crippen molar-refractivity contribution < 1.29 is 9.53 Å². The van der Waals surface area contributed by atoms with E-state index in [1.807, 2.05) is 11.8 Å². The molecule has 4 nitrogen and oxygen atoms in total. The highest BCUT2D eigenvalue weighted by molar-refractivity contribution is 7.99. The first-order valence-electron chi connectivity index (χ1n) is 11.2. The molecular formula is C26H34N2O2S. The molecule has 31 heavy (non-hydrogen) atoms. The Bertz CT molecular complexity index is 891. The van der Waals surface area contributed by atoms with Gasteiger partial charge in [-0.15, -0.1) is 11.8 Å². The number of carbonyl (C=O) groups excluding carboxylic acids is 1. The van der Waals surface area contributed by atoms with Gasteiger partial charge < -0.3 is 16.2 Å². The third-order valence-electron chi connectivity index (χ3n) is 5.68. The lowest BCUT2D eigenvalue weighted by Crippen LogP contribution is -2.52. The lowest BCUT2D eigenvalue weighted by molar-refractivity contribution is -0.149. The van der Waals surface area contributed by atoms with Crippen molar-refractivity contribution in [2.24, 2.45) is 11.5 Å². The van der Waals surface area contributed by atoms with E-state index in [9.17, 15) is 4.79 Å². The van der Waals surface area contributed by atoms with Crippen LogP contribution in [-0.2, 0) is 16.0 Å². The predicted molar refractivity (Wildman–Crippen MR) is 131 cm³/mol. The van der Waals surface area contributed by atoms with Gasteiger partial charge in [0.15, 0.2) is 0 Å². The van der Waals surface area contributed by atoms with Gasteiger partial charge in [-0.25, -0.2) is 0 Å². The summed E-state index contributed by atoms with van der Waals surface area (Å²) >= 11 is 1.88. The quantitative estimate of drug-likeness (QED) is 0.308. The summed E-state index contributed by atoms with van der Waals surface area (Å²) in [5, 5.41) is 0. The van der Waals surface area contributed by atoms with Crippen LogP contribution >= 0.6 is 11.8 Å². The van der Waals surface area contributed by atoms with Crippen molar-refractivity contribution in [1.29, 1.82) is 0 Å². The standard InChI is InChI=1S/C26H34N2O2S/c1-26(28,19-27)25(29)30-16-5-2-6-17-31-24-14-12-21(13-15-24)23-11-7-10-20-8-3-4-9-22(20)18-23/h3-4,8-9,12-15,18H,2,5-7,10-11,16-17,19,27-28H2,1H3. The van der Waals surface area contributed by atoms with Crippen LogP contribution in [0.2, 0.25) is 0 Å². The maximum Gasteiger partial charge on any atom is 0.327 e. The molecule has 0 fully saturated rings. The number of carbonyl (C=O) groups is 1. The van der Waals surface area contributed by atoms with Gasteiger partial charge in [0.25, 0.3) is 0 Å². The van der Waals surface area contributed by atoms with Crippen LogP contribution in [0.5, 0.6) is 0 Å². The largest absolute Gasteiger partial charge is 0.464 e. The van der Waals surface area contributed by atoms with Gasteiger partial charge in [-0.3, -0.25) is 4.79 Å². The summed E-state index contributed by atoms with van der Waals surface area (Å²) in [4.78, 5) is 13.1. The lowest BCUT2D eigenvalue weighted by atomic mass is 10.0. The second-order valence-electron chi connectivity index (χ2n) is 8.41. The maximum absolute atomic E-state index is 11.8. The van der Waals surface area contributed by atoms with Crippen LogP contribution in [0.15, 0.2) is 53.4 Å². The summed E-state index contributed by atoms with van der Waals surface area (Å²) in [6.45, 7) is 2.09. The zero-order chi connectivity index (χ0) is 22.1. The number of hydrogen-bond donors (Lipinski definition) is 2. The molecule has 0 spiro atoms. The van der Waals surface area contributed by atoms with E-state index in [4.69, 9.17) is 16.2 Å². The highest BCUT2D eigenvalue weighted by atomic mass is 32.2. The minimum Gasteiger partial charge on any atom is -0.464 e. The van der Waals surface area contributed by atoms with Crippen molar-refractivity contribution in [2.45, 2.75) is 55.9 Å². The summed E-state index contributed by atoms with van der Waals surface area (Å²) in [5.41, 5.74) is 15.7. The van der Waals surface area contributed by atoms with E-state index in [0.29, 0.717) is 6.61 Å². The summed E-state index contributed by atoms with van der Waals surface area (Å²) in [6.07, 6.45) is 8.80. The molecule has 0 bridgehead atoms. The lowest BCUT2D eigenvalue weighted by Gasteiger charge is -2.19. The number of thioether (sulfide) groups is 1. The van der Waals surface area contributed by atoms with Crippen molar-refractivity contribution in [2.75, 3.05) is 18.9 Å². The smallest absolute Gasteiger partial charge is 0.327 e. The molecular weight excluding hydrogens is 404 g/mol. The third kappa shape index (κ3) is 6.96. The maximum atomic E-state index is 11.8. The van der Waals surface area contributed by atoms with Crippen LogP contribution in [0.3, 0.4) is 0 Å². The van der Waals surface area contributed by atoms with Gasteiger partial charge >= 0.3 is 5.97 Å². The normalized spacial score (nSPS) is 15.4. The topological polar surface area (TPSA) is 78.3 Å². The third-order valence-corrected chi connectivity index (χ3v) is 6.78. The molecule has 0 radical (unpaired) electrons. The van der Waals surface area contributed by atoms with E-state index >= 15 is 0 Å². The molecule has 2 aromatic carbocycles. The van der Waals surface area contributed by atoms with Gasteiger partial charge in [-0.05, 0) is 85.6 Å². The second-order valence-corrected chi connectivity index (χ2v) is 9.58. The molecule has 3 rings (SSSR count). The van der Waals surface area contributed by atoms with Crippen molar-refractivity contribution >= 4 is 29.4 Å². The number of aryl methyl sites for hydroxylation is 1. The molecule has 5 heteroatoms. The van der Waals surface area contributed by atoms with Gasteiger partial charge in [-0.2, -0.15) is 0 Å². The Kier molecular flexibility index (Phi) is 8.76. The minimum atomic E-state index is -1.09. The minimum absolute atomic E-state index is 0.0891. The van der Waals surface area contributed by atoms with Crippen LogP contribution in [0.1, 0.15) is 55.7 Å². The zero-order valence-corrected chi connectivity index (χ0v) is 19.3. The van der Waals surface area contributed by atoms with Gasteiger partial charge in [0.1, 0.15) is 5.54 Å². The SMILES string of the molecule is CC(N)(CN)C(=O)OCCCCCSc1ccc(C2=Cc3ccccc3CCC2)cc1. The van der Waals surface area contributed by atoms with Crippen molar-refractivity contribution in [3.8, 4) is 0 Å². The Balaban J connectivity index is 1.40. The first-order valence-corrected chi connectivity index (χ1v) is 12.2. The molecule has 1 aliphatic rings. The van der Waals surface area contributed by atoms with Gasteiger partial charge in [0.05, 0.1) is 6.61 Å². The molecule has 1 unspecified atom stereocenters.